The van der Waals surface area contributed by atoms with Crippen LogP contribution >= 0.6 is 0 Å². The molecule has 1 amide bonds. The van der Waals surface area contributed by atoms with E-state index in [1.165, 1.54) is 0 Å². The van der Waals surface area contributed by atoms with Gasteiger partial charge in [0.15, 0.2) is 0 Å². The number of hydroxylamine groups is 2. The first-order valence-electron chi connectivity index (χ1n) is 8.35. The molecule has 0 radical (unpaired) electrons. The monoisotopic (exact) mass is 332 g/mol. The van der Waals surface area contributed by atoms with E-state index in [4.69, 9.17) is 9.57 Å². The lowest BCUT2D eigenvalue weighted by Gasteiger charge is -2.31. The molecule has 1 saturated heterocycles. The van der Waals surface area contributed by atoms with Crippen molar-refractivity contribution >= 4 is 12.1 Å². The molecular formula is C18H24N2O4. The first-order valence-corrected chi connectivity index (χ1v) is 8.35. The van der Waals surface area contributed by atoms with Crippen LogP contribution < -0.4 is 5.32 Å². The highest BCUT2D eigenvalue weighted by atomic mass is 16.7. The smallest absolute Gasteiger partial charge is 0.407 e. The van der Waals surface area contributed by atoms with E-state index in [1.54, 1.807) is 17.2 Å². The van der Waals surface area contributed by atoms with E-state index >= 15 is 0 Å². The van der Waals surface area contributed by atoms with Gasteiger partial charge in [-0.15, -0.1) is 5.06 Å². The van der Waals surface area contributed by atoms with Crippen LogP contribution in [-0.2, 0) is 9.57 Å². The predicted octanol–water partition coefficient (Wildman–Crippen LogP) is 2.75. The largest absolute Gasteiger partial charge is 0.444 e. The van der Waals surface area contributed by atoms with Gasteiger partial charge < -0.3 is 14.9 Å². The topological polar surface area (TPSA) is 67.9 Å². The first-order chi connectivity index (χ1) is 11.3. The van der Waals surface area contributed by atoms with Crippen LogP contribution in [0.2, 0.25) is 0 Å². The molecule has 0 aromatic heterocycles. The molecule has 1 aromatic rings. The van der Waals surface area contributed by atoms with Crippen LogP contribution in [0.1, 0.15) is 44.0 Å². The van der Waals surface area contributed by atoms with Crippen LogP contribution in [0.5, 0.6) is 0 Å². The maximum absolute atomic E-state index is 12.1. The second kappa shape index (κ2) is 6.43. The van der Waals surface area contributed by atoms with Gasteiger partial charge in [-0.25, -0.2) is 9.59 Å². The number of fused-ring (bicyclic) bond motifs is 2. The molecule has 2 bridgehead atoms. The Balaban J connectivity index is 1.50. The van der Waals surface area contributed by atoms with Gasteiger partial charge in [0, 0.05) is 18.6 Å². The lowest BCUT2D eigenvalue weighted by molar-refractivity contribution is -0.131. The molecule has 6 nitrogen and oxygen atoms in total. The Bertz CT molecular complexity index is 611. The number of rotatable bonds is 3. The number of amides is 1. The highest BCUT2D eigenvalue weighted by molar-refractivity contribution is 5.89. The summed E-state index contributed by atoms with van der Waals surface area (Å²) >= 11 is 0. The van der Waals surface area contributed by atoms with Crippen molar-refractivity contribution in [3.8, 4) is 0 Å². The van der Waals surface area contributed by atoms with E-state index < -0.39 is 5.60 Å². The number of piperidine rings is 1. The average Bonchev–Trinajstić information content (AvgIpc) is 3.05. The fourth-order valence-electron chi connectivity index (χ4n) is 3.39. The van der Waals surface area contributed by atoms with Crippen molar-refractivity contribution in [2.75, 3.05) is 6.54 Å². The molecule has 1 aliphatic heterocycles. The molecule has 24 heavy (non-hydrogen) atoms. The Labute approximate surface area is 142 Å². The summed E-state index contributed by atoms with van der Waals surface area (Å²) in [5.41, 5.74) is 0.0441. The van der Waals surface area contributed by atoms with Gasteiger partial charge in [-0.05, 0) is 51.7 Å². The molecule has 130 valence electrons. The summed E-state index contributed by atoms with van der Waals surface area (Å²) in [7, 11) is 0. The molecule has 1 saturated carbocycles. The molecule has 1 aromatic carbocycles. The Morgan fingerprint density at radius 1 is 1.17 bits per heavy atom. The van der Waals surface area contributed by atoms with Crippen molar-refractivity contribution < 1.29 is 19.2 Å². The minimum Gasteiger partial charge on any atom is -0.444 e. The number of hydrogen-bond acceptors (Lipinski definition) is 5. The van der Waals surface area contributed by atoms with Gasteiger partial charge >= 0.3 is 12.1 Å². The number of benzene rings is 1. The van der Waals surface area contributed by atoms with Crippen molar-refractivity contribution in [1.82, 2.24) is 10.4 Å². The third kappa shape index (κ3) is 3.87. The number of carbonyl (C=O) groups excluding carboxylic acids is 2. The Morgan fingerprint density at radius 3 is 2.46 bits per heavy atom. The summed E-state index contributed by atoms with van der Waals surface area (Å²) in [6.07, 6.45) is 1.31. The maximum atomic E-state index is 12.1. The highest BCUT2D eigenvalue weighted by Crippen LogP contribution is 2.38. The molecule has 0 unspecified atom stereocenters. The molecule has 2 fully saturated rings. The van der Waals surface area contributed by atoms with Gasteiger partial charge in [-0.1, -0.05) is 18.2 Å². The molecular weight excluding hydrogens is 308 g/mol. The van der Waals surface area contributed by atoms with E-state index in [-0.39, 0.29) is 30.1 Å². The SMILES string of the molecule is CC(C)(C)OC(=O)N[C@@H]1C[C@H]2C[C@@H]1CN2OC(=O)c1ccccc1. The van der Waals surface area contributed by atoms with Crippen molar-refractivity contribution in [2.24, 2.45) is 5.92 Å². The molecule has 2 aliphatic rings. The number of carbonyl (C=O) groups is 2. The van der Waals surface area contributed by atoms with Crippen molar-refractivity contribution in [1.29, 1.82) is 0 Å². The normalized spacial score (nSPS) is 26.2. The van der Waals surface area contributed by atoms with Gasteiger partial charge in [-0.3, -0.25) is 0 Å². The van der Waals surface area contributed by atoms with Crippen LogP contribution in [0.25, 0.3) is 0 Å². The first kappa shape index (κ1) is 16.8. The second-order valence-corrected chi connectivity index (χ2v) is 7.48. The van der Waals surface area contributed by atoms with Crippen molar-refractivity contribution in [3.63, 3.8) is 0 Å². The summed E-state index contributed by atoms with van der Waals surface area (Å²) in [5, 5.41) is 4.70. The van der Waals surface area contributed by atoms with Crippen LogP contribution in [0.15, 0.2) is 30.3 Å². The Kier molecular flexibility index (Phi) is 4.49. The predicted molar refractivity (Wildman–Crippen MR) is 88.2 cm³/mol. The van der Waals surface area contributed by atoms with E-state index in [2.05, 4.69) is 5.32 Å². The van der Waals surface area contributed by atoms with Gasteiger partial charge in [0.2, 0.25) is 0 Å². The van der Waals surface area contributed by atoms with E-state index in [0.29, 0.717) is 12.1 Å². The lowest BCUT2D eigenvalue weighted by atomic mass is 10.0. The zero-order valence-corrected chi connectivity index (χ0v) is 14.3. The Morgan fingerprint density at radius 2 is 1.88 bits per heavy atom. The second-order valence-electron chi connectivity index (χ2n) is 7.48. The highest BCUT2D eigenvalue weighted by Gasteiger charge is 2.47. The fourth-order valence-corrected chi connectivity index (χ4v) is 3.39. The van der Waals surface area contributed by atoms with Crippen LogP contribution in [0, 0.1) is 5.92 Å². The number of nitrogens with one attached hydrogen (secondary N) is 1. The quantitative estimate of drug-likeness (QED) is 0.922. The van der Waals surface area contributed by atoms with Crippen molar-refractivity contribution in [2.45, 2.75) is 51.3 Å². The van der Waals surface area contributed by atoms with Crippen LogP contribution in [0.3, 0.4) is 0 Å². The molecule has 1 heterocycles. The van der Waals surface area contributed by atoms with Gasteiger partial charge in [0.1, 0.15) is 5.60 Å². The van der Waals surface area contributed by atoms with E-state index in [9.17, 15) is 9.59 Å². The number of nitrogens with zero attached hydrogens (tertiary/aromatic N) is 1. The van der Waals surface area contributed by atoms with Gasteiger partial charge in [0.25, 0.3) is 0 Å². The Hall–Kier alpha value is -2.08. The van der Waals surface area contributed by atoms with E-state index in [0.717, 1.165) is 12.8 Å². The van der Waals surface area contributed by atoms with E-state index in [1.807, 2.05) is 39.0 Å². The summed E-state index contributed by atoms with van der Waals surface area (Å²) in [4.78, 5) is 29.6. The summed E-state index contributed by atoms with van der Waals surface area (Å²) in [6.45, 7) is 6.18. The van der Waals surface area contributed by atoms with Gasteiger partial charge in [-0.2, -0.15) is 0 Å². The standard InChI is InChI=1S/C18H24N2O4/c1-18(2,3)23-17(22)19-15-10-14-9-13(15)11-20(14)24-16(21)12-7-5-4-6-8-12/h4-8,13-15H,9-11H2,1-3H3,(H,19,22)/t13-,14-,15-/m1/s1. The van der Waals surface area contributed by atoms with Crippen LogP contribution in [0.4, 0.5) is 4.79 Å². The minimum absolute atomic E-state index is 0.0801. The maximum Gasteiger partial charge on any atom is 0.407 e. The molecule has 3 atom stereocenters. The molecule has 3 rings (SSSR count). The summed E-state index contributed by atoms with van der Waals surface area (Å²) in [5.74, 6) is -0.0501. The summed E-state index contributed by atoms with van der Waals surface area (Å²) < 4.78 is 5.31. The third-order valence-corrected chi connectivity index (χ3v) is 4.40. The molecule has 1 aliphatic carbocycles. The number of ether oxygens (including phenoxy) is 1. The lowest BCUT2D eigenvalue weighted by Crippen LogP contribution is -2.47. The zero-order chi connectivity index (χ0) is 17.3. The fraction of sp³-hybridized carbons (Fsp3) is 0.556. The molecule has 1 N–H and O–H groups in total. The molecule has 6 heteroatoms. The van der Waals surface area contributed by atoms with Gasteiger partial charge in [0.05, 0.1) is 5.56 Å². The van der Waals surface area contributed by atoms with Crippen molar-refractivity contribution in [3.05, 3.63) is 35.9 Å². The molecule has 0 spiro atoms. The average molecular weight is 332 g/mol. The minimum atomic E-state index is -0.501. The van der Waals surface area contributed by atoms with Crippen LogP contribution in [-0.4, -0.2) is 41.4 Å². The number of hydrogen-bond donors (Lipinski definition) is 1. The number of alkyl carbamates (subject to hydrolysis) is 1. The third-order valence-electron chi connectivity index (χ3n) is 4.40. The summed E-state index contributed by atoms with van der Waals surface area (Å²) in [6, 6.07) is 9.20. The zero-order valence-electron chi connectivity index (χ0n) is 14.3.